The van der Waals surface area contributed by atoms with Crippen molar-refractivity contribution in [1.29, 1.82) is 0 Å². The molecule has 1 aliphatic rings. The number of halogens is 1. The fraction of sp³-hybridized carbons (Fsp3) is 0.455. The zero-order valence-electron chi connectivity index (χ0n) is 8.45. The summed E-state index contributed by atoms with van der Waals surface area (Å²) < 4.78 is 13.0. The van der Waals surface area contributed by atoms with Crippen molar-refractivity contribution in [1.82, 2.24) is 4.90 Å². The Hall–Kier alpha value is -0.740. The SMILES string of the molecule is Oc1cc(F)cc(CN2CCSCC2)c1. The number of phenolic OH excluding ortho intramolecular Hbond substituents is 1. The van der Waals surface area contributed by atoms with Gasteiger partial charge in [0.25, 0.3) is 0 Å². The van der Waals surface area contributed by atoms with Crippen LogP contribution in [0.2, 0.25) is 0 Å². The number of aromatic hydroxyl groups is 1. The highest BCUT2D eigenvalue weighted by molar-refractivity contribution is 7.99. The van der Waals surface area contributed by atoms with E-state index in [9.17, 15) is 9.50 Å². The fourth-order valence-electron chi connectivity index (χ4n) is 1.74. The summed E-state index contributed by atoms with van der Waals surface area (Å²) in [6.07, 6.45) is 0. The third kappa shape index (κ3) is 3.11. The average Bonchev–Trinajstić information content (AvgIpc) is 2.17. The molecule has 82 valence electrons. The van der Waals surface area contributed by atoms with Crippen LogP contribution in [0.15, 0.2) is 18.2 Å². The topological polar surface area (TPSA) is 23.5 Å². The lowest BCUT2D eigenvalue weighted by Crippen LogP contribution is -2.31. The Kier molecular flexibility index (Phi) is 3.49. The molecule has 1 aliphatic heterocycles. The zero-order chi connectivity index (χ0) is 10.7. The van der Waals surface area contributed by atoms with E-state index in [-0.39, 0.29) is 11.6 Å². The molecule has 0 bridgehead atoms. The summed E-state index contributed by atoms with van der Waals surface area (Å²) in [5, 5.41) is 9.26. The van der Waals surface area contributed by atoms with Crippen molar-refractivity contribution in [3.63, 3.8) is 0 Å². The molecule has 0 amide bonds. The monoisotopic (exact) mass is 227 g/mol. The molecule has 1 saturated heterocycles. The van der Waals surface area contributed by atoms with Gasteiger partial charge in [0.2, 0.25) is 0 Å². The van der Waals surface area contributed by atoms with Crippen LogP contribution >= 0.6 is 11.8 Å². The molecule has 0 radical (unpaired) electrons. The number of phenols is 1. The molecule has 1 aromatic carbocycles. The van der Waals surface area contributed by atoms with Gasteiger partial charge in [-0.3, -0.25) is 4.90 Å². The molecule has 15 heavy (non-hydrogen) atoms. The van der Waals surface area contributed by atoms with E-state index in [0.717, 1.165) is 42.8 Å². The third-order valence-corrected chi connectivity index (χ3v) is 3.39. The number of nitrogens with zero attached hydrogens (tertiary/aromatic N) is 1. The molecule has 4 heteroatoms. The highest BCUT2D eigenvalue weighted by Gasteiger charge is 2.11. The first kappa shape index (κ1) is 10.8. The predicted molar refractivity (Wildman–Crippen MR) is 60.7 cm³/mol. The second kappa shape index (κ2) is 4.86. The Bertz CT molecular complexity index is 319. The van der Waals surface area contributed by atoms with Crippen molar-refractivity contribution in [2.24, 2.45) is 0 Å². The van der Waals surface area contributed by atoms with E-state index in [1.54, 1.807) is 6.07 Å². The predicted octanol–water partition coefficient (Wildman–Crippen LogP) is 2.08. The summed E-state index contributed by atoms with van der Waals surface area (Å²) in [6, 6.07) is 4.25. The molecular weight excluding hydrogens is 213 g/mol. The number of hydrogen-bond acceptors (Lipinski definition) is 3. The van der Waals surface area contributed by atoms with Crippen molar-refractivity contribution < 1.29 is 9.50 Å². The van der Waals surface area contributed by atoms with Crippen LogP contribution in [-0.4, -0.2) is 34.6 Å². The maximum atomic E-state index is 13.0. The molecule has 2 rings (SSSR count). The minimum absolute atomic E-state index is 0.0105. The van der Waals surface area contributed by atoms with Gasteiger partial charge in [-0.2, -0.15) is 11.8 Å². The summed E-state index contributed by atoms with van der Waals surface area (Å²) in [5.41, 5.74) is 0.847. The second-order valence-corrected chi connectivity index (χ2v) is 4.93. The number of benzene rings is 1. The zero-order valence-corrected chi connectivity index (χ0v) is 9.26. The maximum absolute atomic E-state index is 13.0. The van der Waals surface area contributed by atoms with E-state index >= 15 is 0 Å². The van der Waals surface area contributed by atoms with Crippen molar-refractivity contribution in [2.75, 3.05) is 24.6 Å². The quantitative estimate of drug-likeness (QED) is 0.836. The number of rotatable bonds is 2. The normalized spacial score (nSPS) is 17.9. The summed E-state index contributed by atoms with van der Waals surface area (Å²) in [7, 11) is 0. The minimum Gasteiger partial charge on any atom is -0.508 e. The van der Waals surface area contributed by atoms with Gasteiger partial charge in [0.1, 0.15) is 11.6 Å². The highest BCUT2D eigenvalue weighted by atomic mass is 32.2. The number of hydrogen-bond donors (Lipinski definition) is 1. The molecule has 0 aliphatic carbocycles. The van der Waals surface area contributed by atoms with Crippen LogP contribution in [0.5, 0.6) is 5.75 Å². The summed E-state index contributed by atoms with van der Waals surface area (Å²) >= 11 is 1.95. The van der Waals surface area contributed by atoms with Gasteiger partial charge in [-0.05, 0) is 17.7 Å². The van der Waals surface area contributed by atoms with Crippen LogP contribution in [0.25, 0.3) is 0 Å². The second-order valence-electron chi connectivity index (χ2n) is 3.71. The molecule has 0 atom stereocenters. The molecule has 0 unspecified atom stereocenters. The van der Waals surface area contributed by atoms with E-state index in [1.165, 1.54) is 6.07 Å². The molecule has 2 nitrogen and oxygen atoms in total. The Morgan fingerprint density at radius 1 is 1.27 bits per heavy atom. The van der Waals surface area contributed by atoms with Crippen molar-refractivity contribution >= 4 is 11.8 Å². The molecule has 0 saturated carbocycles. The van der Waals surface area contributed by atoms with Gasteiger partial charge in [0.15, 0.2) is 0 Å². The van der Waals surface area contributed by atoms with E-state index in [0.29, 0.717) is 0 Å². The molecule has 1 aromatic rings. The summed E-state index contributed by atoms with van der Waals surface area (Å²) in [4.78, 5) is 2.28. The van der Waals surface area contributed by atoms with Gasteiger partial charge >= 0.3 is 0 Å². The van der Waals surface area contributed by atoms with Crippen molar-refractivity contribution in [3.8, 4) is 5.75 Å². The van der Waals surface area contributed by atoms with Crippen LogP contribution in [0.4, 0.5) is 4.39 Å². The lowest BCUT2D eigenvalue weighted by atomic mass is 10.2. The Labute approximate surface area is 93.1 Å². The van der Waals surface area contributed by atoms with E-state index < -0.39 is 0 Å². The van der Waals surface area contributed by atoms with Gasteiger partial charge in [0, 0.05) is 37.2 Å². The Balaban J connectivity index is 2.02. The highest BCUT2D eigenvalue weighted by Crippen LogP contribution is 2.18. The van der Waals surface area contributed by atoms with Gasteiger partial charge in [-0.15, -0.1) is 0 Å². The van der Waals surface area contributed by atoms with Crippen molar-refractivity contribution in [3.05, 3.63) is 29.6 Å². The molecular formula is C11H14FNOS. The van der Waals surface area contributed by atoms with Crippen LogP contribution in [0.3, 0.4) is 0 Å². The van der Waals surface area contributed by atoms with Gasteiger partial charge in [-0.1, -0.05) is 0 Å². The van der Waals surface area contributed by atoms with Gasteiger partial charge < -0.3 is 5.11 Å². The smallest absolute Gasteiger partial charge is 0.127 e. The molecule has 0 spiro atoms. The van der Waals surface area contributed by atoms with Crippen LogP contribution < -0.4 is 0 Å². The summed E-state index contributed by atoms with van der Waals surface area (Å²) in [5.74, 6) is 1.93. The minimum atomic E-state index is -0.364. The molecule has 1 fully saturated rings. The van der Waals surface area contributed by atoms with Crippen LogP contribution in [0.1, 0.15) is 5.56 Å². The first-order valence-corrected chi connectivity index (χ1v) is 6.18. The molecule has 1 N–H and O–H groups in total. The lowest BCUT2D eigenvalue weighted by molar-refractivity contribution is 0.293. The van der Waals surface area contributed by atoms with Crippen LogP contribution in [0, 0.1) is 5.82 Å². The van der Waals surface area contributed by atoms with E-state index in [2.05, 4.69) is 4.90 Å². The number of thioether (sulfide) groups is 1. The van der Waals surface area contributed by atoms with Gasteiger partial charge in [0.05, 0.1) is 0 Å². The molecule has 1 heterocycles. The standard InChI is InChI=1S/C11H14FNOS/c12-10-5-9(6-11(14)7-10)8-13-1-3-15-4-2-13/h5-7,14H,1-4,8H2. The van der Waals surface area contributed by atoms with E-state index in [4.69, 9.17) is 0 Å². The Morgan fingerprint density at radius 3 is 2.67 bits per heavy atom. The molecule has 0 aromatic heterocycles. The van der Waals surface area contributed by atoms with Crippen LogP contribution in [-0.2, 0) is 6.54 Å². The largest absolute Gasteiger partial charge is 0.508 e. The first-order chi connectivity index (χ1) is 7.24. The van der Waals surface area contributed by atoms with Crippen molar-refractivity contribution in [2.45, 2.75) is 6.54 Å². The summed E-state index contributed by atoms with van der Waals surface area (Å²) in [6.45, 7) is 2.82. The first-order valence-electron chi connectivity index (χ1n) is 5.02. The maximum Gasteiger partial charge on any atom is 0.127 e. The third-order valence-electron chi connectivity index (χ3n) is 2.45. The van der Waals surface area contributed by atoms with Gasteiger partial charge in [-0.25, -0.2) is 4.39 Å². The average molecular weight is 227 g/mol. The lowest BCUT2D eigenvalue weighted by Gasteiger charge is -2.26. The fourth-order valence-corrected chi connectivity index (χ4v) is 2.72. The Morgan fingerprint density at radius 2 is 2.00 bits per heavy atom. The van der Waals surface area contributed by atoms with E-state index in [1.807, 2.05) is 11.8 Å².